The van der Waals surface area contributed by atoms with Crippen molar-refractivity contribution in [2.24, 2.45) is 0 Å². The van der Waals surface area contributed by atoms with Gasteiger partial charge >= 0.3 is 0 Å². The molecule has 0 aliphatic heterocycles. The fourth-order valence-corrected chi connectivity index (χ4v) is 1.96. The van der Waals surface area contributed by atoms with Crippen molar-refractivity contribution in [2.75, 3.05) is 7.05 Å². The van der Waals surface area contributed by atoms with E-state index in [1.807, 2.05) is 14.0 Å². The summed E-state index contributed by atoms with van der Waals surface area (Å²) < 4.78 is 0. The fraction of sp³-hybridized carbons (Fsp3) is 0.571. The predicted molar refractivity (Wildman–Crippen MR) is 72.0 cm³/mol. The Morgan fingerprint density at radius 2 is 2.18 bits per heavy atom. The van der Waals surface area contributed by atoms with Gasteiger partial charge in [-0.2, -0.15) is 10.2 Å². The van der Waals surface area contributed by atoms with Gasteiger partial charge in [0, 0.05) is 6.04 Å². The molecular formula is C14H23N3. The average Bonchev–Trinajstić information content (AvgIpc) is 2.30. The molecule has 0 aliphatic rings. The van der Waals surface area contributed by atoms with Crippen molar-refractivity contribution in [3.63, 3.8) is 0 Å². The molecule has 3 heteroatoms. The minimum Gasteiger partial charge on any atom is -0.313 e. The van der Waals surface area contributed by atoms with Gasteiger partial charge in [0.2, 0.25) is 0 Å². The number of hydrogen-bond acceptors (Lipinski definition) is 3. The molecule has 1 unspecified atom stereocenters. The molecular weight excluding hydrogens is 210 g/mol. The summed E-state index contributed by atoms with van der Waals surface area (Å²) >= 11 is 0. The molecule has 0 amide bonds. The summed E-state index contributed by atoms with van der Waals surface area (Å²) in [5.41, 5.74) is 4.58. The summed E-state index contributed by atoms with van der Waals surface area (Å²) in [6, 6.07) is 2.49. The van der Waals surface area contributed by atoms with Crippen molar-refractivity contribution >= 4 is 0 Å². The molecule has 3 nitrogen and oxygen atoms in total. The highest BCUT2D eigenvalue weighted by Crippen LogP contribution is 2.23. The molecule has 17 heavy (non-hydrogen) atoms. The van der Waals surface area contributed by atoms with Gasteiger partial charge in [-0.3, -0.25) is 0 Å². The van der Waals surface area contributed by atoms with Crippen molar-refractivity contribution in [2.45, 2.75) is 46.1 Å². The Kier molecular flexibility index (Phi) is 5.29. The van der Waals surface area contributed by atoms with Crippen LogP contribution in [0.1, 0.15) is 49.7 Å². The first kappa shape index (κ1) is 13.8. The number of allylic oxidation sites excluding steroid dienone is 1. The molecule has 1 N–H and O–H groups in total. The molecule has 0 radical (unpaired) electrons. The van der Waals surface area contributed by atoms with Gasteiger partial charge in [-0.05, 0) is 51.8 Å². The first-order valence-corrected chi connectivity index (χ1v) is 6.23. The minimum atomic E-state index is 0.343. The Morgan fingerprint density at radius 3 is 2.71 bits per heavy atom. The summed E-state index contributed by atoms with van der Waals surface area (Å²) in [5.74, 6) is 0. The second-order valence-corrected chi connectivity index (χ2v) is 4.58. The van der Waals surface area contributed by atoms with Crippen molar-refractivity contribution in [3.05, 3.63) is 35.2 Å². The topological polar surface area (TPSA) is 37.8 Å². The first-order chi connectivity index (χ1) is 8.08. The summed E-state index contributed by atoms with van der Waals surface area (Å²) in [6.45, 7) is 10.1. The van der Waals surface area contributed by atoms with Crippen LogP contribution in [0.15, 0.2) is 18.2 Å². The normalized spacial score (nSPS) is 12.5. The molecule has 1 rings (SSSR count). The standard InChI is InChI=1S/C14H23N3/c1-6-13-12(9-11(4)16-17-13)14(15-5)8-7-10(2)3/h9,14-15H,2,6-8H2,1,3-5H3. The Bertz CT molecular complexity index is 385. The van der Waals surface area contributed by atoms with Gasteiger partial charge in [-0.25, -0.2) is 0 Å². The molecule has 0 bridgehead atoms. The third kappa shape index (κ3) is 3.93. The van der Waals surface area contributed by atoms with Crippen LogP contribution in [0.5, 0.6) is 0 Å². The number of aryl methyl sites for hydroxylation is 2. The third-order valence-electron chi connectivity index (χ3n) is 2.94. The lowest BCUT2D eigenvalue weighted by atomic mass is 9.97. The van der Waals surface area contributed by atoms with Gasteiger partial charge < -0.3 is 5.32 Å². The lowest BCUT2D eigenvalue weighted by Gasteiger charge is -2.19. The van der Waals surface area contributed by atoms with E-state index in [4.69, 9.17) is 0 Å². The highest BCUT2D eigenvalue weighted by molar-refractivity contribution is 5.25. The van der Waals surface area contributed by atoms with E-state index in [-0.39, 0.29) is 0 Å². The second kappa shape index (κ2) is 6.50. The van der Waals surface area contributed by atoms with Crippen LogP contribution in [0.25, 0.3) is 0 Å². The largest absolute Gasteiger partial charge is 0.313 e. The van der Waals surface area contributed by atoms with Gasteiger partial charge in [0.15, 0.2) is 0 Å². The van der Waals surface area contributed by atoms with E-state index in [2.05, 4.69) is 42.0 Å². The summed E-state index contributed by atoms with van der Waals surface area (Å²) in [7, 11) is 2.00. The highest BCUT2D eigenvalue weighted by Gasteiger charge is 2.14. The van der Waals surface area contributed by atoms with Crippen LogP contribution in [0, 0.1) is 6.92 Å². The molecule has 0 spiro atoms. The van der Waals surface area contributed by atoms with Crippen LogP contribution >= 0.6 is 0 Å². The fourth-order valence-electron chi connectivity index (χ4n) is 1.96. The van der Waals surface area contributed by atoms with E-state index in [1.54, 1.807) is 0 Å². The number of nitrogens with zero attached hydrogens (tertiary/aromatic N) is 2. The molecule has 1 heterocycles. The summed E-state index contributed by atoms with van der Waals surface area (Å²) in [6.07, 6.45) is 3.02. The Balaban J connectivity index is 2.93. The quantitative estimate of drug-likeness (QED) is 0.768. The van der Waals surface area contributed by atoms with E-state index < -0.39 is 0 Å². The van der Waals surface area contributed by atoms with Crippen molar-refractivity contribution in [1.82, 2.24) is 15.5 Å². The zero-order chi connectivity index (χ0) is 12.8. The molecule has 0 aromatic carbocycles. The van der Waals surface area contributed by atoms with Crippen LogP contribution in [0.3, 0.4) is 0 Å². The highest BCUT2D eigenvalue weighted by atomic mass is 15.1. The van der Waals surface area contributed by atoms with Crippen molar-refractivity contribution in [3.8, 4) is 0 Å². The smallest absolute Gasteiger partial charge is 0.0676 e. The molecule has 1 aromatic rings. The van der Waals surface area contributed by atoms with Gasteiger partial charge in [-0.1, -0.05) is 12.5 Å². The van der Waals surface area contributed by atoms with Crippen LogP contribution < -0.4 is 5.32 Å². The zero-order valence-corrected chi connectivity index (χ0v) is 11.4. The first-order valence-electron chi connectivity index (χ1n) is 6.23. The number of nitrogens with one attached hydrogen (secondary N) is 1. The maximum atomic E-state index is 4.28. The van der Waals surface area contributed by atoms with Gasteiger partial charge in [0.05, 0.1) is 11.4 Å². The van der Waals surface area contributed by atoms with Gasteiger partial charge in [0.1, 0.15) is 0 Å². The van der Waals surface area contributed by atoms with Crippen molar-refractivity contribution in [1.29, 1.82) is 0 Å². The van der Waals surface area contributed by atoms with Gasteiger partial charge in [-0.15, -0.1) is 6.58 Å². The van der Waals surface area contributed by atoms with Crippen LogP contribution in [0.2, 0.25) is 0 Å². The number of aromatic nitrogens is 2. The van der Waals surface area contributed by atoms with E-state index in [0.29, 0.717) is 6.04 Å². The maximum absolute atomic E-state index is 4.28. The van der Waals surface area contributed by atoms with E-state index in [9.17, 15) is 0 Å². The number of rotatable bonds is 6. The average molecular weight is 233 g/mol. The summed E-state index contributed by atoms with van der Waals surface area (Å²) in [4.78, 5) is 0. The Morgan fingerprint density at radius 1 is 1.47 bits per heavy atom. The molecule has 1 aromatic heterocycles. The molecule has 94 valence electrons. The maximum Gasteiger partial charge on any atom is 0.0676 e. The molecule has 0 aliphatic carbocycles. The van der Waals surface area contributed by atoms with E-state index >= 15 is 0 Å². The predicted octanol–water partition coefficient (Wildman–Crippen LogP) is 2.96. The molecule has 0 saturated heterocycles. The summed E-state index contributed by atoms with van der Waals surface area (Å²) in [5, 5.41) is 11.8. The van der Waals surface area contributed by atoms with Gasteiger partial charge in [0.25, 0.3) is 0 Å². The molecule has 0 saturated carbocycles. The Hall–Kier alpha value is -1.22. The minimum absolute atomic E-state index is 0.343. The van der Waals surface area contributed by atoms with Crippen LogP contribution in [-0.4, -0.2) is 17.2 Å². The second-order valence-electron chi connectivity index (χ2n) is 4.58. The molecule has 0 fully saturated rings. The van der Waals surface area contributed by atoms with E-state index in [1.165, 1.54) is 11.1 Å². The number of hydrogen-bond donors (Lipinski definition) is 1. The lowest BCUT2D eigenvalue weighted by molar-refractivity contribution is 0.538. The van der Waals surface area contributed by atoms with Crippen molar-refractivity contribution < 1.29 is 0 Å². The monoisotopic (exact) mass is 233 g/mol. The van der Waals surface area contributed by atoms with Crippen LogP contribution in [-0.2, 0) is 6.42 Å². The molecule has 1 atom stereocenters. The van der Waals surface area contributed by atoms with Crippen LogP contribution in [0.4, 0.5) is 0 Å². The SMILES string of the molecule is C=C(C)CCC(NC)c1cc(C)nnc1CC. The lowest BCUT2D eigenvalue weighted by Crippen LogP contribution is -2.19. The Labute approximate surface area is 104 Å². The van der Waals surface area contributed by atoms with E-state index in [0.717, 1.165) is 30.7 Å². The third-order valence-corrected chi connectivity index (χ3v) is 2.94. The zero-order valence-electron chi connectivity index (χ0n) is 11.4.